The van der Waals surface area contributed by atoms with Crippen LogP contribution in [0.25, 0.3) is 0 Å². The average Bonchev–Trinajstić information content (AvgIpc) is 2.57. The number of benzene rings is 1. The molecule has 1 aliphatic rings. The van der Waals surface area contributed by atoms with E-state index in [1.165, 1.54) is 0 Å². The second-order valence-corrected chi connectivity index (χ2v) is 6.04. The maximum Gasteiger partial charge on any atom is 0.221 e. The molecule has 0 aliphatic carbocycles. The summed E-state index contributed by atoms with van der Waals surface area (Å²) in [5.74, 6) is 0.168. The summed E-state index contributed by atoms with van der Waals surface area (Å²) < 4.78 is 0. The molecule has 5 nitrogen and oxygen atoms in total. The van der Waals surface area contributed by atoms with Crippen LogP contribution in [0.15, 0.2) is 30.3 Å². The molecule has 0 radical (unpaired) electrons. The Bertz CT molecular complexity index is 504. The van der Waals surface area contributed by atoms with Crippen molar-refractivity contribution < 1.29 is 9.59 Å². The lowest BCUT2D eigenvalue weighted by molar-refractivity contribution is -0.129. The van der Waals surface area contributed by atoms with Gasteiger partial charge in [-0.05, 0) is 31.4 Å². The zero-order valence-corrected chi connectivity index (χ0v) is 13.9. The Labute approximate surface area is 138 Å². The summed E-state index contributed by atoms with van der Waals surface area (Å²) in [4.78, 5) is 25.6. The molecule has 2 N–H and O–H groups in total. The third-order valence-electron chi connectivity index (χ3n) is 4.21. The molecule has 1 heterocycles. The van der Waals surface area contributed by atoms with E-state index in [4.69, 9.17) is 0 Å². The van der Waals surface area contributed by atoms with Crippen molar-refractivity contribution in [3.05, 3.63) is 35.9 Å². The Morgan fingerprint density at radius 1 is 1.09 bits per heavy atom. The number of hydrogen-bond acceptors (Lipinski definition) is 3. The zero-order chi connectivity index (χ0) is 16.5. The second kappa shape index (κ2) is 9.30. The molecule has 126 valence electrons. The Kier molecular flexibility index (Phi) is 7.07. The summed E-state index contributed by atoms with van der Waals surface area (Å²) in [7, 11) is 0. The predicted octanol–water partition coefficient (Wildman–Crippen LogP) is 1.86. The summed E-state index contributed by atoms with van der Waals surface area (Å²) in [6.07, 6.45) is 3.22. The van der Waals surface area contributed by atoms with E-state index in [0.29, 0.717) is 19.5 Å². The number of carbonyl (C=O) groups excluding carboxylic acids is 2. The normalized spacial score (nSPS) is 21.5. The van der Waals surface area contributed by atoms with Gasteiger partial charge in [-0.2, -0.15) is 0 Å². The van der Waals surface area contributed by atoms with Crippen LogP contribution in [0.4, 0.5) is 0 Å². The maximum atomic E-state index is 12.2. The lowest BCUT2D eigenvalue weighted by Crippen LogP contribution is -2.34. The standard InChI is InChI=1S/C18H27N3O2/c1-15(22)21-12-6-5-10-19-17(16-8-3-2-4-9-16)14-18(23)20-11-7-13-21/h2-4,8-9,17,19H,5-7,10-14H2,1H3,(H,20,23). The van der Waals surface area contributed by atoms with Crippen LogP contribution in [0.5, 0.6) is 0 Å². The molecule has 1 aromatic rings. The van der Waals surface area contributed by atoms with E-state index in [1.807, 2.05) is 23.1 Å². The molecule has 1 aromatic carbocycles. The van der Waals surface area contributed by atoms with Gasteiger partial charge in [0.25, 0.3) is 0 Å². The van der Waals surface area contributed by atoms with Crippen molar-refractivity contribution in [2.75, 3.05) is 26.2 Å². The van der Waals surface area contributed by atoms with E-state index < -0.39 is 0 Å². The molecule has 2 amide bonds. The van der Waals surface area contributed by atoms with Crippen molar-refractivity contribution in [3.8, 4) is 0 Å². The van der Waals surface area contributed by atoms with Crippen LogP contribution >= 0.6 is 0 Å². The van der Waals surface area contributed by atoms with E-state index in [9.17, 15) is 9.59 Å². The zero-order valence-electron chi connectivity index (χ0n) is 13.9. The molecular formula is C18H27N3O2. The topological polar surface area (TPSA) is 61.4 Å². The summed E-state index contributed by atoms with van der Waals surface area (Å²) in [5.41, 5.74) is 1.14. The largest absolute Gasteiger partial charge is 0.356 e. The van der Waals surface area contributed by atoms with Gasteiger partial charge in [0.05, 0.1) is 0 Å². The van der Waals surface area contributed by atoms with E-state index in [0.717, 1.165) is 37.9 Å². The van der Waals surface area contributed by atoms with Crippen molar-refractivity contribution in [1.29, 1.82) is 0 Å². The van der Waals surface area contributed by atoms with Crippen molar-refractivity contribution in [2.24, 2.45) is 0 Å². The van der Waals surface area contributed by atoms with E-state index in [2.05, 4.69) is 22.8 Å². The Morgan fingerprint density at radius 3 is 2.57 bits per heavy atom. The number of nitrogens with zero attached hydrogens (tertiary/aromatic N) is 1. The third kappa shape index (κ3) is 6.02. The predicted molar refractivity (Wildman–Crippen MR) is 90.9 cm³/mol. The molecule has 0 aromatic heterocycles. The average molecular weight is 317 g/mol. The fourth-order valence-corrected chi connectivity index (χ4v) is 2.88. The van der Waals surface area contributed by atoms with Gasteiger partial charge in [0.15, 0.2) is 0 Å². The maximum absolute atomic E-state index is 12.2. The quantitative estimate of drug-likeness (QED) is 0.831. The van der Waals surface area contributed by atoms with Gasteiger partial charge in [-0.15, -0.1) is 0 Å². The molecule has 1 saturated heterocycles. The smallest absolute Gasteiger partial charge is 0.221 e. The second-order valence-electron chi connectivity index (χ2n) is 6.04. The van der Waals surface area contributed by atoms with Crippen molar-refractivity contribution in [1.82, 2.24) is 15.5 Å². The number of hydrogen-bond donors (Lipinski definition) is 2. The molecule has 1 atom stereocenters. The molecule has 23 heavy (non-hydrogen) atoms. The minimum atomic E-state index is 0.0425. The van der Waals surface area contributed by atoms with E-state index in [-0.39, 0.29) is 17.9 Å². The van der Waals surface area contributed by atoms with Gasteiger partial charge in [-0.25, -0.2) is 0 Å². The van der Waals surface area contributed by atoms with Crippen molar-refractivity contribution in [2.45, 2.75) is 38.6 Å². The first-order chi connectivity index (χ1) is 11.2. The highest BCUT2D eigenvalue weighted by molar-refractivity contribution is 5.76. The highest BCUT2D eigenvalue weighted by Gasteiger charge is 2.16. The number of amides is 2. The number of rotatable bonds is 1. The fourth-order valence-electron chi connectivity index (χ4n) is 2.88. The van der Waals surface area contributed by atoms with Gasteiger partial charge in [0.2, 0.25) is 11.8 Å². The van der Waals surface area contributed by atoms with Crippen LogP contribution in [0.1, 0.15) is 44.2 Å². The number of carbonyl (C=O) groups is 2. The molecule has 0 spiro atoms. The summed E-state index contributed by atoms with van der Waals surface area (Å²) in [6, 6.07) is 10.1. The van der Waals surface area contributed by atoms with E-state index >= 15 is 0 Å². The van der Waals surface area contributed by atoms with Gasteiger partial charge >= 0.3 is 0 Å². The number of nitrogens with one attached hydrogen (secondary N) is 2. The third-order valence-corrected chi connectivity index (χ3v) is 4.21. The van der Waals surface area contributed by atoms with Crippen molar-refractivity contribution in [3.63, 3.8) is 0 Å². The SMILES string of the molecule is CC(=O)N1CCCCNC(c2ccccc2)CC(=O)NCCC1. The van der Waals surface area contributed by atoms with Crippen LogP contribution in [0, 0.1) is 0 Å². The first-order valence-corrected chi connectivity index (χ1v) is 8.47. The summed E-state index contributed by atoms with van der Waals surface area (Å²) in [6.45, 7) is 4.58. The first-order valence-electron chi connectivity index (χ1n) is 8.47. The summed E-state index contributed by atoms with van der Waals surface area (Å²) >= 11 is 0. The Balaban J connectivity index is 1.98. The monoisotopic (exact) mass is 317 g/mol. The molecule has 1 fully saturated rings. The highest BCUT2D eigenvalue weighted by atomic mass is 16.2. The van der Waals surface area contributed by atoms with Crippen LogP contribution in [-0.4, -0.2) is 42.9 Å². The minimum Gasteiger partial charge on any atom is -0.356 e. The highest BCUT2D eigenvalue weighted by Crippen LogP contribution is 2.16. The molecule has 0 saturated carbocycles. The lowest BCUT2D eigenvalue weighted by atomic mass is 10.0. The molecule has 5 heteroatoms. The van der Waals surface area contributed by atoms with Crippen LogP contribution in [-0.2, 0) is 9.59 Å². The van der Waals surface area contributed by atoms with Gasteiger partial charge in [0.1, 0.15) is 0 Å². The van der Waals surface area contributed by atoms with E-state index in [1.54, 1.807) is 6.92 Å². The summed E-state index contributed by atoms with van der Waals surface area (Å²) in [5, 5.41) is 6.45. The molecular weight excluding hydrogens is 290 g/mol. The van der Waals surface area contributed by atoms with Crippen LogP contribution < -0.4 is 10.6 Å². The molecule has 1 aliphatic heterocycles. The van der Waals surface area contributed by atoms with Gasteiger partial charge < -0.3 is 15.5 Å². The molecule has 2 rings (SSSR count). The van der Waals surface area contributed by atoms with Gasteiger partial charge in [-0.1, -0.05) is 30.3 Å². The van der Waals surface area contributed by atoms with Gasteiger partial charge in [0, 0.05) is 39.0 Å². The molecule has 1 unspecified atom stereocenters. The Hall–Kier alpha value is -1.88. The van der Waals surface area contributed by atoms with Crippen LogP contribution in [0.3, 0.4) is 0 Å². The fraction of sp³-hybridized carbons (Fsp3) is 0.556. The van der Waals surface area contributed by atoms with Crippen molar-refractivity contribution >= 4 is 11.8 Å². The van der Waals surface area contributed by atoms with Gasteiger partial charge in [-0.3, -0.25) is 9.59 Å². The minimum absolute atomic E-state index is 0.0425. The van der Waals surface area contributed by atoms with Crippen LogP contribution in [0.2, 0.25) is 0 Å². The first kappa shape index (κ1) is 17.5. The Morgan fingerprint density at radius 2 is 1.83 bits per heavy atom. The molecule has 0 bridgehead atoms. The lowest BCUT2D eigenvalue weighted by Gasteiger charge is -2.21.